The maximum atomic E-state index is 6.18. The zero-order valence-corrected chi connectivity index (χ0v) is 20.0. The number of ether oxygens (including phenoxy) is 4. The Morgan fingerprint density at radius 2 is 1.47 bits per heavy atom. The van der Waals surface area contributed by atoms with E-state index in [0.29, 0.717) is 0 Å². The number of hydrogen-bond acceptors (Lipinski definition) is 6. The molecular formula is C28H29NO5. The fourth-order valence-electron chi connectivity index (χ4n) is 4.66. The minimum atomic E-state index is 0.746. The van der Waals surface area contributed by atoms with Gasteiger partial charge in [-0.25, -0.2) is 0 Å². The molecule has 0 atom stereocenters. The summed E-state index contributed by atoms with van der Waals surface area (Å²) in [5.74, 6) is 3.93. The number of rotatable bonds is 7. The molecule has 1 aliphatic rings. The number of methoxy groups -OCH3 is 4. The van der Waals surface area contributed by atoms with E-state index in [1.54, 1.807) is 28.4 Å². The van der Waals surface area contributed by atoms with E-state index in [1.165, 1.54) is 16.7 Å². The molecule has 6 nitrogen and oxygen atoms in total. The summed E-state index contributed by atoms with van der Waals surface area (Å²) in [7, 11) is 6.71. The van der Waals surface area contributed by atoms with Gasteiger partial charge in [-0.2, -0.15) is 0 Å². The van der Waals surface area contributed by atoms with Gasteiger partial charge in [0, 0.05) is 30.6 Å². The zero-order valence-electron chi connectivity index (χ0n) is 20.0. The molecule has 0 aliphatic carbocycles. The first-order chi connectivity index (χ1) is 16.6. The van der Waals surface area contributed by atoms with E-state index in [-0.39, 0.29) is 0 Å². The number of furan rings is 1. The minimum absolute atomic E-state index is 0.746. The summed E-state index contributed by atoms with van der Waals surface area (Å²) < 4.78 is 28.1. The minimum Gasteiger partial charge on any atom is -0.497 e. The highest BCUT2D eigenvalue weighted by Crippen LogP contribution is 2.37. The molecule has 34 heavy (non-hydrogen) atoms. The molecule has 1 aromatic heterocycles. The van der Waals surface area contributed by atoms with Crippen LogP contribution in [0.4, 0.5) is 0 Å². The first kappa shape index (κ1) is 22.2. The van der Waals surface area contributed by atoms with Crippen LogP contribution in [0.1, 0.15) is 16.7 Å². The molecule has 0 fully saturated rings. The van der Waals surface area contributed by atoms with Crippen molar-refractivity contribution in [3.8, 4) is 34.3 Å². The Morgan fingerprint density at radius 1 is 0.765 bits per heavy atom. The van der Waals surface area contributed by atoms with Crippen LogP contribution in [-0.2, 0) is 19.5 Å². The molecule has 0 amide bonds. The van der Waals surface area contributed by atoms with Gasteiger partial charge in [0.25, 0.3) is 0 Å². The summed E-state index contributed by atoms with van der Waals surface area (Å²) in [4.78, 5) is 2.44. The third-order valence-electron chi connectivity index (χ3n) is 6.44. The van der Waals surface area contributed by atoms with Crippen molar-refractivity contribution in [1.29, 1.82) is 0 Å². The summed E-state index contributed by atoms with van der Waals surface area (Å²) in [6.45, 7) is 2.66. The maximum Gasteiger partial charge on any atom is 0.176 e. The molecule has 1 aliphatic heterocycles. The van der Waals surface area contributed by atoms with E-state index in [1.807, 2.05) is 24.3 Å². The molecule has 2 heterocycles. The lowest BCUT2D eigenvalue weighted by atomic mass is 9.98. The molecule has 0 unspecified atom stereocenters. The van der Waals surface area contributed by atoms with Gasteiger partial charge in [-0.15, -0.1) is 0 Å². The number of hydrogen-bond donors (Lipinski definition) is 0. The van der Waals surface area contributed by atoms with Crippen molar-refractivity contribution >= 4 is 11.0 Å². The second-order valence-corrected chi connectivity index (χ2v) is 8.49. The van der Waals surface area contributed by atoms with Crippen molar-refractivity contribution < 1.29 is 23.4 Å². The molecule has 0 saturated heterocycles. The fourth-order valence-corrected chi connectivity index (χ4v) is 4.66. The molecular weight excluding hydrogens is 430 g/mol. The molecule has 0 spiro atoms. The van der Waals surface area contributed by atoms with E-state index in [9.17, 15) is 0 Å². The molecule has 3 aromatic carbocycles. The van der Waals surface area contributed by atoms with E-state index in [0.717, 1.165) is 71.3 Å². The van der Waals surface area contributed by atoms with E-state index >= 15 is 0 Å². The highest BCUT2D eigenvalue weighted by Gasteiger charge is 2.21. The van der Waals surface area contributed by atoms with E-state index in [4.69, 9.17) is 23.4 Å². The second-order valence-electron chi connectivity index (χ2n) is 8.49. The SMILES string of the molecule is COc1ccc(-c2cc3cc(CN4CCc5cc(OC)c(OC)cc5C4)cc(OC)c3o2)cc1. The number of benzene rings is 3. The Bertz CT molecular complexity index is 1310. The Morgan fingerprint density at radius 3 is 2.15 bits per heavy atom. The molecule has 0 radical (unpaired) electrons. The van der Waals surface area contributed by atoms with Gasteiger partial charge in [0.1, 0.15) is 11.5 Å². The Labute approximate surface area is 199 Å². The third kappa shape index (κ3) is 4.17. The second kappa shape index (κ2) is 9.31. The number of nitrogens with zero attached hydrogens (tertiary/aromatic N) is 1. The van der Waals surface area contributed by atoms with Crippen LogP contribution in [0.25, 0.3) is 22.3 Å². The maximum absolute atomic E-state index is 6.18. The molecule has 176 valence electrons. The molecule has 0 N–H and O–H groups in total. The lowest BCUT2D eigenvalue weighted by molar-refractivity contribution is 0.244. The van der Waals surface area contributed by atoms with Crippen LogP contribution < -0.4 is 18.9 Å². The standard InChI is InChI=1S/C28H29NO5/c1-30-23-7-5-19(6-8-23)24-14-21-11-18(12-27(33-4)28(21)34-24)16-29-10-9-20-13-25(31-2)26(32-3)15-22(20)17-29/h5-8,11-15H,9-10,16-17H2,1-4H3. The van der Waals surface area contributed by atoms with Crippen LogP contribution in [0, 0.1) is 0 Å². The Balaban J connectivity index is 1.41. The van der Waals surface area contributed by atoms with Gasteiger partial charge in [-0.3, -0.25) is 4.90 Å². The van der Waals surface area contributed by atoms with Gasteiger partial charge in [0.15, 0.2) is 22.8 Å². The predicted octanol–water partition coefficient (Wildman–Crippen LogP) is 5.69. The molecule has 0 saturated carbocycles. The van der Waals surface area contributed by atoms with Crippen molar-refractivity contribution in [1.82, 2.24) is 4.90 Å². The molecule has 5 rings (SSSR count). The summed E-state index contributed by atoms with van der Waals surface area (Å²) in [5, 5.41) is 1.03. The largest absolute Gasteiger partial charge is 0.497 e. The molecule has 4 aromatic rings. The lowest BCUT2D eigenvalue weighted by Crippen LogP contribution is -2.30. The normalized spacial score (nSPS) is 13.5. The number of fused-ring (bicyclic) bond motifs is 2. The smallest absolute Gasteiger partial charge is 0.176 e. The van der Waals surface area contributed by atoms with Crippen LogP contribution in [0.3, 0.4) is 0 Å². The first-order valence-corrected chi connectivity index (χ1v) is 11.3. The third-order valence-corrected chi connectivity index (χ3v) is 6.44. The summed E-state index contributed by atoms with van der Waals surface area (Å²) in [5.41, 5.74) is 5.55. The molecule has 6 heteroatoms. The van der Waals surface area contributed by atoms with Crippen molar-refractivity contribution in [3.63, 3.8) is 0 Å². The van der Waals surface area contributed by atoms with Gasteiger partial charge < -0.3 is 23.4 Å². The summed E-state index contributed by atoms with van der Waals surface area (Å²) in [6, 6.07) is 18.4. The Hall–Kier alpha value is -3.64. The fraction of sp³-hybridized carbons (Fsp3) is 0.286. The van der Waals surface area contributed by atoms with Crippen LogP contribution in [0.2, 0.25) is 0 Å². The summed E-state index contributed by atoms with van der Waals surface area (Å²) >= 11 is 0. The van der Waals surface area contributed by atoms with Crippen LogP contribution in [0.15, 0.2) is 59.0 Å². The average molecular weight is 460 g/mol. The Kier molecular flexibility index (Phi) is 6.07. The van der Waals surface area contributed by atoms with Crippen molar-refractivity contribution in [3.05, 3.63) is 71.3 Å². The highest BCUT2D eigenvalue weighted by molar-refractivity contribution is 5.88. The topological polar surface area (TPSA) is 53.3 Å². The quantitative estimate of drug-likeness (QED) is 0.354. The van der Waals surface area contributed by atoms with Gasteiger partial charge in [0.2, 0.25) is 0 Å². The zero-order chi connectivity index (χ0) is 23.7. The molecule has 0 bridgehead atoms. The van der Waals surface area contributed by atoms with Crippen molar-refractivity contribution in [2.75, 3.05) is 35.0 Å². The predicted molar refractivity (Wildman–Crippen MR) is 132 cm³/mol. The first-order valence-electron chi connectivity index (χ1n) is 11.3. The van der Waals surface area contributed by atoms with Crippen molar-refractivity contribution in [2.24, 2.45) is 0 Å². The van der Waals surface area contributed by atoms with E-state index in [2.05, 4.69) is 35.2 Å². The van der Waals surface area contributed by atoms with Crippen LogP contribution >= 0.6 is 0 Å². The van der Waals surface area contributed by atoms with Gasteiger partial charge in [0.05, 0.1) is 28.4 Å². The van der Waals surface area contributed by atoms with Crippen molar-refractivity contribution in [2.45, 2.75) is 19.5 Å². The monoisotopic (exact) mass is 459 g/mol. The van der Waals surface area contributed by atoms with Crippen LogP contribution in [-0.4, -0.2) is 39.9 Å². The van der Waals surface area contributed by atoms with Crippen LogP contribution in [0.5, 0.6) is 23.0 Å². The van der Waals surface area contributed by atoms with Gasteiger partial charge in [-0.1, -0.05) is 0 Å². The summed E-state index contributed by atoms with van der Waals surface area (Å²) in [6.07, 6.45) is 0.975. The van der Waals surface area contributed by atoms with Gasteiger partial charge in [-0.05, 0) is 77.7 Å². The van der Waals surface area contributed by atoms with E-state index < -0.39 is 0 Å². The lowest BCUT2D eigenvalue weighted by Gasteiger charge is -2.29. The van der Waals surface area contributed by atoms with Gasteiger partial charge >= 0.3 is 0 Å². The average Bonchev–Trinajstić information content (AvgIpc) is 3.31. The highest BCUT2D eigenvalue weighted by atomic mass is 16.5.